The molecule has 2 N–H and O–H groups in total. The van der Waals surface area contributed by atoms with E-state index < -0.39 is 12.0 Å². The number of likely N-dealkylation sites (N-methyl/N-ethyl adjacent to an activating group) is 1. The molecule has 3 aromatic heterocycles. The van der Waals surface area contributed by atoms with Crippen molar-refractivity contribution in [2.45, 2.75) is 45.0 Å². The normalized spacial score (nSPS) is 20.4. The van der Waals surface area contributed by atoms with Crippen molar-refractivity contribution in [1.82, 2.24) is 24.8 Å². The van der Waals surface area contributed by atoms with Gasteiger partial charge in [0.2, 0.25) is 5.95 Å². The number of carbonyl (C=O) groups excluding carboxylic acids is 1. The molecule has 226 valence electrons. The van der Waals surface area contributed by atoms with Crippen LogP contribution in [0.25, 0.3) is 0 Å². The van der Waals surface area contributed by atoms with Gasteiger partial charge in [0.25, 0.3) is 0 Å². The molecule has 11 nitrogen and oxygen atoms in total. The molecule has 2 unspecified atom stereocenters. The highest BCUT2D eigenvalue weighted by Crippen LogP contribution is 2.40. The van der Waals surface area contributed by atoms with E-state index in [0.717, 1.165) is 29.2 Å². The third-order valence-electron chi connectivity index (χ3n) is 8.37. The van der Waals surface area contributed by atoms with Gasteiger partial charge in [-0.05, 0) is 75.3 Å². The van der Waals surface area contributed by atoms with Crippen molar-refractivity contribution in [3.05, 3.63) is 77.7 Å². The first-order chi connectivity index (χ1) is 21.1. The molecule has 3 aliphatic heterocycles. The lowest BCUT2D eigenvalue weighted by Gasteiger charge is -2.34. The van der Waals surface area contributed by atoms with Crippen LogP contribution in [0.4, 0.5) is 43.6 Å². The van der Waals surface area contributed by atoms with Gasteiger partial charge in [-0.25, -0.2) is 9.97 Å². The summed E-state index contributed by atoms with van der Waals surface area (Å²) >= 11 is 0. The summed E-state index contributed by atoms with van der Waals surface area (Å²) < 4.78 is 33.6. The Labute approximate surface area is 252 Å². The first-order valence-corrected chi connectivity index (χ1v) is 14.4. The maximum Gasteiger partial charge on any atom is 0.483 e. The lowest BCUT2D eigenvalue weighted by molar-refractivity contribution is -0.193. The minimum absolute atomic E-state index is 0.0462. The molecule has 0 spiro atoms. The fourth-order valence-electron chi connectivity index (χ4n) is 6.11. The summed E-state index contributed by atoms with van der Waals surface area (Å²) in [5.41, 5.74) is 4.44. The summed E-state index contributed by atoms with van der Waals surface area (Å²) in [6.45, 7) is 5.89. The molecule has 1 aromatic carbocycles. The monoisotopic (exact) mass is 599 g/mol. The number of piperazine rings is 1. The molecule has 2 fully saturated rings. The summed E-state index contributed by atoms with van der Waals surface area (Å²) in [4.78, 5) is 36.2. The second-order valence-electron chi connectivity index (χ2n) is 11.5. The Morgan fingerprint density at radius 2 is 1.86 bits per heavy atom. The van der Waals surface area contributed by atoms with Crippen molar-refractivity contribution in [3.8, 4) is 5.75 Å². The number of aromatic nitrogens is 4. The van der Waals surface area contributed by atoms with Gasteiger partial charge < -0.3 is 20.3 Å². The summed E-state index contributed by atoms with van der Waals surface area (Å²) in [5, 5.41) is 6.42. The number of nitrogens with zero attached hydrogens (tertiary/aromatic N) is 7. The molecular weight excluding hydrogens is 568 g/mol. The van der Waals surface area contributed by atoms with Crippen LogP contribution in [0.3, 0.4) is 0 Å². The van der Waals surface area contributed by atoms with E-state index in [9.17, 15) is 13.6 Å². The van der Waals surface area contributed by atoms with Gasteiger partial charge in [-0.3, -0.25) is 19.6 Å². The van der Waals surface area contributed by atoms with Crippen LogP contribution in [-0.2, 0) is 11.3 Å². The fourth-order valence-corrected chi connectivity index (χ4v) is 6.11. The average Bonchev–Trinajstić information content (AvgIpc) is 3.58. The second kappa shape index (κ2) is 10.7. The average molecular weight is 600 g/mol. The maximum absolute atomic E-state index is 14.4. The number of hydrogen-bond acceptors (Lipinski definition) is 10. The van der Waals surface area contributed by atoms with E-state index in [1.165, 1.54) is 36.0 Å². The van der Waals surface area contributed by atoms with E-state index in [1.54, 1.807) is 24.4 Å². The first-order valence-electron chi connectivity index (χ1n) is 14.4. The van der Waals surface area contributed by atoms with Crippen LogP contribution in [-0.4, -0.2) is 69.1 Å². The number of rotatable bonds is 7. The number of halogens is 2. The predicted molar refractivity (Wildman–Crippen MR) is 162 cm³/mol. The molecular formula is C31H31F2N9O2. The Hall–Kier alpha value is -4.91. The quantitative estimate of drug-likeness (QED) is 0.308. The molecule has 1 amide bonds. The minimum Gasteiger partial charge on any atom is -0.421 e. The van der Waals surface area contributed by atoms with Crippen LogP contribution >= 0.6 is 0 Å². The number of aryl methyl sites for hydroxylation is 2. The third kappa shape index (κ3) is 5.12. The van der Waals surface area contributed by atoms with Crippen LogP contribution < -0.4 is 25.2 Å². The van der Waals surface area contributed by atoms with Crippen LogP contribution in [0, 0.1) is 13.8 Å². The van der Waals surface area contributed by atoms with E-state index in [-0.39, 0.29) is 23.9 Å². The molecule has 13 heteroatoms. The SMILES string of the molecule is Cc1cc(Nc2ncc(C)c(Nc3ccc4c(n3)N(Cc3ccccn3)C(=O)C(F)(F)O4)n2)ccc1N1CC2CC1CN2C. The molecule has 4 aromatic rings. The van der Waals surface area contributed by atoms with Gasteiger partial charge in [-0.15, -0.1) is 0 Å². The van der Waals surface area contributed by atoms with Gasteiger partial charge in [-0.1, -0.05) is 6.07 Å². The summed E-state index contributed by atoms with van der Waals surface area (Å²) in [6, 6.07) is 15.3. The first kappa shape index (κ1) is 27.9. The van der Waals surface area contributed by atoms with E-state index in [2.05, 4.69) is 66.5 Å². The van der Waals surface area contributed by atoms with E-state index in [4.69, 9.17) is 4.74 Å². The predicted octanol–water partition coefficient (Wildman–Crippen LogP) is 4.78. The van der Waals surface area contributed by atoms with Gasteiger partial charge in [0.15, 0.2) is 11.6 Å². The summed E-state index contributed by atoms with van der Waals surface area (Å²) in [7, 11) is 2.20. The largest absolute Gasteiger partial charge is 0.483 e. The molecule has 44 heavy (non-hydrogen) atoms. The van der Waals surface area contributed by atoms with Crippen molar-refractivity contribution >= 4 is 40.7 Å². The molecule has 0 radical (unpaired) electrons. The van der Waals surface area contributed by atoms with E-state index in [0.29, 0.717) is 29.5 Å². The highest BCUT2D eigenvalue weighted by atomic mass is 19.3. The second-order valence-corrected chi connectivity index (χ2v) is 11.5. The Morgan fingerprint density at radius 1 is 1.00 bits per heavy atom. The molecule has 2 saturated heterocycles. The van der Waals surface area contributed by atoms with Crippen LogP contribution in [0.1, 0.15) is 23.2 Å². The Kier molecular flexibility index (Phi) is 6.76. The molecule has 0 aliphatic carbocycles. The summed E-state index contributed by atoms with van der Waals surface area (Å²) in [5.74, 6) is -0.656. The zero-order valence-electron chi connectivity index (χ0n) is 24.5. The Bertz CT molecular complexity index is 1740. The van der Waals surface area contributed by atoms with Gasteiger partial charge in [0, 0.05) is 54.5 Å². The topological polar surface area (TPSA) is 112 Å². The lowest BCUT2D eigenvalue weighted by Crippen LogP contribution is -2.50. The Balaban J connectivity index is 1.11. The number of pyridine rings is 2. The lowest BCUT2D eigenvalue weighted by atomic mass is 10.1. The van der Waals surface area contributed by atoms with E-state index >= 15 is 0 Å². The van der Waals surface area contributed by atoms with Crippen LogP contribution in [0.5, 0.6) is 5.75 Å². The molecule has 2 atom stereocenters. The number of anilines is 6. The minimum atomic E-state index is -4.02. The van der Waals surface area contributed by atoms with Crippen molar-refractivity contribution in [2.24, 2.45) is 0 Å². The molecule has 7 rings (SSSR count). The highest BCUT2D eigenvalue weighted by Gasteiger charge is 2.51. The van der Waals surface area contributed by atoms with Crippen LogP contribution in [0.15, 0.2) is 60.9 Å². The number of nitrogens with one attached hydrogen (secondary N) is 2. The highest BCUT2D eigenvalue weighted by molar-refractivity contribution is 6.00. The van der Waals surface area contributed by atoms with Crippen LogP contribution in [0.2, 0.25) is 0 Å². The number of ether oxygens (including phenoxy) is 1. The van der Waals surface area contributed by atoms with Gasteiger partial charge in [0.05, 0.1) is 12.2 Å². The fraction of sp³-hybridized carbons (Fsp3) is 0.323. The number of fused-ring (bicyclic) bond motifs is 3. The third-order valence-corrected chi connectivity index (χ3v) is 8.37. The summed E-state index contributed by atoms with van der Waals surface area (Å²) in [6.07, 6.45) is 0.387. The molecule has 0 saturated carbocycles. The molecule has 6 heterocycles. The number of likely N-dealkylation sites (tertiary alicyclic amines) is 1. The van der Waals surface area contributed by atoms with Gasteiger partial charge in [0.1, 0.15) is 11.6 Å². The zero-order chi connectivity index (χ0) is 30.6. The van der Waals surface area contributed by atoms with Crippen molar-refractivity contribution in [1.29, 1.82) is 0 Å². The van der Waals surface area contributed by atoms with Crippen molar-refractivity contribution < 1.29 is 18.3 Å². The standard InChI is InChI=1S/C31H31F2N9O2/c1-18-12-20(7-8-24(18)41-17-22-13-23(41)16-40(22)3)36-30-35-14-19(2)27(39-30)37-26-10-9-25-28(38-26)42(29(43)31(32,33)44-25)15-21-6-4-5-11-34-21/h4-12,14,22-23H,13,15-17H2,1-3H3,(H2,35,36,37,38,39). The maximum atomic E-state index is 14.4. The van der Waals surface area contributed by atoms with Gasteiger partial charge in [-0.2, -0.15) is 13.8 Å². The number of hydrogen-bond donors (Lipinski definition) is 2. The number of alkyl halides is 2. The molecule has 2 bridgehead atoms. The van der Waals surface area contributed by atoms with Gasteiger partial charge >= 0.3 is 12.0 Å². The number of amides is 1. The van der Waals surface area contributed by atoms with Crippen molar-refractivity contribution in [2.75, 3.05) is 40.6 Å². The van der Waals surface area contributed by atoms with Crippen molar-refractivity contribution in [3.63, 3.8) is 0 Å². The zero-order valence-corrected chi connectivity index (χ0v) is 24.5. The molecule has 3 aliphatic rings. The van der Waals surface area contributed by atoms with E-state index in [1.807, 2.05) is 13.0 Å². The number of benzene rings is 1. The number of carbonyl (C=O) groups is 1. The smallest absolute Gasteiger partial charge is 0.421 e. The Morgan fingerprint density at radius 3 is 2.59 bits per heavy atom.